The molecule has 6 nitrogen and oxygen atoms in total. The number of nitrogens with one attached hydrogen (secondary N) is 3. The van der Waals surface area contributed by atoms with Crippen LogP contribution in [-0.4, -0.2) is 46.2 Å². The van der Waals surface area contributed by atoms with E-state index in [1.807, 2.05) is 12.3 Å². The third kappa shape index (κ3) is 3.43. The molecule has 32 heavy (non-hydrogen) atoms. The fraction of sp³-hybridized carbons (Fsp3) is 0.192. The molecule has 6 heteroatoms. The van der Waals surface area contributed by atoms with Gasteiger partial charge in [-0.2, -0.15) is 0 Å². The third-order valence-corrected chi connectivity index (χ3v) is 6.26. The van der Waals surface area contributed by atoms with E-state index in [9.17, 15) is 4.79 Å². The van der Waals surface area contributed by atoms with Gasteiger partial charge in [0.2, 0.25) is 0 Å². The molecule has 3 aromatic heterocycles. The van der Waals surface area contributed by atoms with Gasteiger partial charge in [0.15, 0.2) is 0 Å². The highest BCUT2D eigenvalue weighted by molar-refractivity contribution is 6.16. The van der Waals surface area contributed by atoms with Crippen molar-refractivity contribution in [3.63, 3.8) is 0 Å². The molecule has 0 spiro atoms. The first-order chi connectivity index (χ1) is 15.7. The molecule has 0 atom stereocenters. The molecule has 1 aliphatic heterocycles. The van der Waals surface area contributed by atoms with Crippen LogP contribution in [0.15, 0.2) is 59.7 Å². The molecule has 1 aliphatic rings. The Balaban J connectivity index is 1.31. The molecule has 4 heterocycles. The van der Waals surface area contributed by atoms with E-state index in [0.717, 1.165) is 71.1 Å². The number of aromatic nitrogens is 3. The molecule has 5 aromatic rings. The van der Waals surface area contributed by atoms with Gasteiger partial charge in [-0.25, -0.2) is 0 Å². The van der Waals surface area contributed by atoms with Crippen molar-refractivity contribution in [1.29, 1.82) is 0 Å². The lowest BCUT2D eigenvalue weighted by atomic mass is 10.1. The van der Waals surface area contributed by atoms with Crippen molar-refractivity contribution >= 4 is 44.7 Å². The molecule has 0 saturated carbocycles. The number of benzene rings is 2. The predicted octanol–water partition coefficient (Wildman–Crippen LogP) is 4.49. The van der Waals surface area contributed by atoms with Crippen LogP contribution in [0.3, 0.4) is 0 Å². The van der Waals surface area contributed by atoms with Gasteiger partial charge in [-0.15, -0.1) is 0 Å². The minimum atomic E-state index is -0.0508. The van der Waals surface area contributed by atoms with E-state index < -0.39 is 0 Å². The van der Waals surface area contributed by atoms with E-state index in [1.54, 1.807) is 6.20 Å². The summed E-state index contributed by atoms with van der Waals surface area (Å²) in [5, 5.41) is 3.87. The Kier molecular flexibility index (Phi) is 4.67. The van der Waals surface area contributed by atoms with Crippen molar-refractivity contribution in [1.82, 2.24) is 19.9 Å². The maximum atomic E-state index is 12.2. The molecule has 160 valence electrons. The molecule has 1 fully saturated rings. The van der Waals surface area contributed by atoms with Gasteiger partial charge in [-0.3, -0.25) is 9.69 Å². The van der Waals surface area contributed by atoms with Gasteiger partial charge in [-0.1, -0.05) is 42.5 Å². The van der Waals surface area contributed by atoms with Crippen LogP contribution in [-0.2, 0) is 11.3 Å². The zero-order chi connectivity index (χ0) is 21.5. The molecule has 6 rings (SSSR count). The summed E-state index contributed by atoms with van der Waals surface area (Å²) >= 11 is 0. The van der Waals surface area contributed by atoms with Gasteiger partial charge in [-0.05, 0) is 28.7 Å². The maximum Gasteiger partial charge on any atom is 0.258 e. The average Bonchev–Trinajstić information content (AvgIpc) is 3.38. The molecule has 0 bridgehead atoms. The molecule has 1 saturated heterocycles. The Bertz CT molecular complexity index is 1520. The second kappa shape index (κ2) is 7.82. The topological polar surface area (TPSA) is 76.9 Å². The maximum absolute atomic E-state index is 12.2. The summed E-state index contributed by atoms with van der Waals surface area (Å²) in [5.41, 5.74) is 5.28. The first-order valence-corrected chi connectivity index (χ1v) is 11.0. The number of pyridine rings is 1. The summed E-state index contributed by atoms with van der Waals surface area (Å²) in [6.45, 7) is 4.56. The van der Waals surface area contributed by atoms with E-state index >= 15 is 0 Å². The first-order valence-electron chi connectivity index (χ1n) is 11.0. The van der Waals surface area contributed by atoms with Crippen LogP contribution < -0.4 is 5.56 Å². The number of fused-ring (bicyclic) bond motifs is 5. The zero-order valence-electron chi connectivity index (χ0n) is 17.7. The third-order valence-electron chi connectivity index (χ3n) is 6.26. The molecule has 0 amide bonds. The summed E-state index contributed by atoms with van der Waals surface area (Å²) in [6.07, 6.45) is 7.99. The van der Waals surface area contributed by atoms with Crippen molar-refractivity contribution in [3.05, 3.63) is 82.0 Å². The summed E-state index contributed by atoms with van der Waals surface area (Å²) in [5.74, 6) is 0. The zero-order valence-corrected chi connectivity index (χ0v) is 17.7. The predicted molar refractivity (Wildman–Crippen MR) is 130 cm³/mol. The number of hydrogen-bond donors (Lipinski definition) is 3. The fourth-order valence-corrected chi connectivity index (χ4v) is 4.62. The standard InChI is InChI=1S/C26H24N4O2/c31-26-24-21-7-5-19-14-27-20(13-22(19)25(21)29-23(24)15-28-26)6-4-17-2-1-3-18(12-17)16-30-8-10-32-11-9-30/h1-7,12-15,27,29H,8-11,16H2,(H,28,31). The molecule has 0 aliphatic carbocycles. The van der Waals surface area contributed by atoms with Crippen LogP contribution in [0, 0.1) is 0 Å². The molecule has 3 N–H and O–H groups in total. The number of hydrogen-bond acceptors (Lipinski definition) is 3. The van der Waals surface area contributed by atoms with Crippen LogP contribution in [0.5, 0.6) is 0 Å². The molecule has 2 aromatic carbocycles. The van der Waals surface area contributed by atoms with Crippen molar-refractivity contribution < 1.29 is 4.74 Å². The SMILES string of the molecule is O=c1[nH]cc2[nH]c3c4cc(C=Cc5cccc(CN6CCOCC6)c5)[nH]cc4ccc3c12. The van der Waals surface area contributed by atoms with Gasteiger partial charge >= 0.3 is 0 Å². The van der Waals surface area contributed by atoms with E-state index in [-0.39, 0.29) is 5.56 Å². The average molecular weight is 425 g/mol. The number of ether oxygens (including phenoxy) is 1. The Hall–Kier alpha value is -3.61. The monoisotopic (exact) mass is 424 g/mol. The highest BCUT2D eigenvalue weighted by Crippen LogP contribution is 2.29. The largest absolute Gasteiger partial charge is 0.379 e. The minimum Gasteiger partial charge on any atom is -0.379 e. The Morgan fingerprint density at radius 3 is 2.78 bits per heavy atom. The molecular formula is C26H24N4O2. The number of rotatable bonds is 4. The highest BCUT2D eigenvalue weighted by Gasteiger charge is 2.12. The van der Waals surface area contributed by atoms with Gasteiger partial charge in [0.25, 0.3) is 5.56 Å². The van der Waals surface area contributed by atoms with Crippen LogP contribution in [0.1, 0.15) is 16.8 Å². The number of H-pyrrole nitrogens is 3. The van der Waals surface area contributed by atoms with E-state index in [4.69, 9.17) is 4.74 Å². The second-order valence-electron chi connectivity index (χ2n) is 8.38. The van der Waals surface area contributed by atoms with Crippen LogP contribution >= 0.6 is 0 Å². The highest BCUT2D eigenvalue weighted by atomic mass is 16.5. The normalized spacial score (nSPS) is 15.5. The van der Waals surface area contributed by atoms with Crippen LogP contribution in [0.25, 0.3) is 44.7 Å². The summed E-state index contributed by atoms with van der Waals surface area (Å²) < 4.78 is 5.45. The van der Waals surface area contributed by atoms with Crippen molar-refractivity contribution in [2.75, 3.05) is 26.3 Å². The lowest BCUT2D eigenvalue weighted by Crippen LogP contribution is -2.35. The number of nitrogens with zero attached hydrogens (tertiary/aromatic N) is 1. The summed E-state index contributed by atoms with van der Waals surface area (Å²) in [6, 6.07) is 14.9. The number of morpholine rings is 1. The van der Waals surface area contributed by atoms with E-state index in [0.29, 0.717) is 0 Å². The molecular weight excluding hydrogens is 400 g/mol. The molecule has 0 radical (unpaired) electrons. The second-order valence-corrected chi connectivity index (χ2v) is 8.38. The lowest BCUT2D eigenvalue weighted by Gasteiger charge is -2.26. The Labute approximate surface area is 184 Å². The van der Waals surface area contributed by atoms with Gasteiger partial charge < -0.3 is 19.7 Å². The summed E-state index contributed by atoms with van der Waals surface area (Å²) in [4.78, 5) is 24.1. The van der Waals surface area contributed by atoms with Gasteiger partial charge in [0, 0.05) is 48.5 Å². The molecule has 0 unspecified atom stereocenters. The fourth-order valence-electron chi connectivity index (χ4n) is 4.62. The summed E-state index contributed by atoms with van der Waals surface area (Å²) in [7, 11) is 0. The van der Waals surface area contributed by atoms with E-state index in [2.05, 4.69) is 68.4 Å². The van der Waals surface area contributed by atoms with Gasteiger partial charge in [0.05, 0.1) is 29.6 Å². The Morgan fingerprint density at radius 2 is 1.88 bits per heavy atom. The van der Waals surface area contributed by atoms with Crippen LogP contribution in [0.2, 0.25) is 0 Å². The van der Waals surface area contributed by atoms with Crippen LogP contribution in [0.4, 0.5) is 0 Å². The van der Waals surface area contributed by atoms with Gasteiger partial charge in [0.1, 0.15) is 0 Å². The smallest absolute Gasteiger partial charge is 0.258 e. The van der Waals surface area contributed by atoms with Crippen molar-refractivity contribution in [3.8, 4) is 0 Å². The van der Waals surface area contributed by atoms with Crippen molar-refractivity contribution in [2.24, 2.45) is 0 Å². The van der Waals surface area contributed by atoms with Crippen molar-refractivity contribution in [2.45, 2.75) is 6.54 Å². The number of aromatic amines is 3. The minimum absolute atomic E-state index is 0.0508. The van der Waals surface area contributed by atoms with E-state index in [1.165, 1.54) is 11.1 Å². The first kappa shape index (κ1) is 19.1. The quantitative estimate of drug-likeness (QED) is 0.398. The lowest BCUT2D eigenvalue weighted by molar-refractivity contribution is 0.0342. The Morgan fingerprint density at radius 1 is 0.969 bits per heavy atom.